The Morgan fingerprint density at radius 1 is 0.935 bits per heavy atom. The van der Waals surface area contributed by atoms with Crippen LogP contribution in [0.2, 0.25) is 0 Å². The van der Waals surface area contributed by atoms with E-state index in [0.29, 0.717) is 12.0 Å². The molecule has 0 heterocycles. The summed E-state index contributed by atoms with van der Waals surface area (Å²) in [6.45, 7) is 2.17. The Balaban J connectivity index is 1.54. The molecule has 1 aliphatic carbocycles. The topological polar surface area (TPSA) is 12.4 Å². The first-order valence-corrected chi connectivity index (χ1v) is 10.5. The minimum Gasteiger partial charge on any atom is -0.204 e. The van der Waals surface area contributed by atoms with Crippen LogP contribution in [0.1, 0.15) is 35.6 Å². The summed E-state index contributed by atoms with van der Waals surface area (Å²) in [7, 11) is 0. The molecule has 3 aromatic carbocycles. The number of hydrogen-bond donors (Lipinski definition) is 0. The predicted molar refractivity (Wildman–Crippen MR) is 125 cm³/mol. The molecule has 4 rings (SSSR count). The monoisotopic (exact) mass is 427 g/mol. The highest BCUT2D eigenvalue weighted by Crippen LogP contribution is 2.33. The lowest BCUT2D eigenvalue weighted by molar-refractivity contribution is 0.588. The number of fused-ring (bicyclic) bond motifs is 1. The number of thiocarbonyl (C=S) groups is 1. The number of rotatable bonds is 4. The first kappa shape index (κ1) is 20.9. The van der Waals surface area contributed by atoms with Crippen LogP contribution in [-0.4, -0.2) is 5.16 Å². The molecule has 3 aromatic rings. The second kappa shape index (κ2) is 9.18. The molecule has 0 saturated heterocycles. The zero-order chi connectivity index (χ0) is 21.8. The molecule has 0 unspecified atom stereocenters. The number of benzene rings is 3. The average Bonchev–Trinajstić information content (AvgIpc) is 3.18. The summed E-state index contributed by atoms with van der Waals surface area (Å²) in [5, 5.41) is 2.00. The van der Waals surface area contributed by atoms with E-state index in [2.05, 4.69) is 66.3 Å². The van der Waals surface area contributed by atoms with E-state index >= 15 is 0 Å². The van der Waals surface area contributed by atoms with Gasteiger partial charge in [-0.05, 0) is 76.8 Å². The number of nitrogens with zero attached hydrogens (tertiary/aromatic N) is 1. The van der Waals surface area contributed by atoms with E-state index in [1.807, 2.05) is 23.4 Å². The zero-order valence-electron chi connectivity index (χ0n) is 17.0. The van der Waals surface area contributed by atoms with Crippen LogP contribution in [0.4, 0.5) is 14.5 Å². The van der Waals surface area contributed by atoms with Gasteiger partial charge in [0, 0.05) is 17.6 Å². The largest absolute Gasteiger partial charge is 0.204 e. The van der Waals surface area contributed by atoms with Crippen molar-refractivity contribution in [3.05, 3.63) is 94.1 Å². The van der Waals surface area contributed by atoms with Crippen LogP contribution in [0.5, 0.6) is 0 Å². The van der Waals surface area contributed by atoms with Crippen LogP contribution < -0.4 is 0 Å². The van der Waals surface area contributed by atoms with Gasteiger partial charge in [-0.3, -0.25) is 0 Å². The minimum absolute atomic E-state index is 0.415. The maximum Gasteiger partial charge on any atom is 0.153 e. The van der Waals surface area contributed by atoms with Gasteiger partial charge in [0.15, 0.2) is 11.6 Å². The first-order chi connectivity index (χ1) is 15.1. The van der Waals surface area contributed by atoms with Crippen molar-refractivity contribution >= 4 is 29.1 Å². The average molecular weight is 428 g/mol. The molecular weight excluding hydrogens is 408 g/mol. The summed E-state index contributed by atoms with van der Waals surface area (Å²) >= 11 is 4.45. The number of aliphatic imine (C=N–C) groups is 1. The molecule has 31 heavy (non-hydrogen) atoms. The van der Waals surface area contributed by atoms with Gasteiger partial charge < -0.3 is 0 Å². The van der Waals surface area contributed by atoms with Gasteiger partial charge >= 0.3 is 0 Å². The zero-order valence-corrected chi connectivity index (χ0v) is 17.8. The van der Waals surface area contributed by atoms with Gasteiger partial charge in [0.25, 0.3) is 0 Å². The van der Waals surface area contributed by atoms with Crippen LogP contribution in [0.25, 0.3) is 17.2 Å². The molecule has 0 N–H and O–H groups in total. The van der Waals surface area contributed by atoms with Gasteiger partial charge in [-0.1, -0.05) is 55.5 Å². The normalized spacial score (nSPS) is 11.8. The summed E-state index contributed by atoms with van der Waals surface area (Å²) < 4.78 is 28.4. The molecule has 152 valence electrons. The highest BCUT2D eigenvalue weighted by molar-refractivity contribution is 7.78. The summed E-state index contributed by atoms with van der Waals surface area (Å²) in [4.78, 5) is 3.46. The van der Waals surface area contributed by atoms with Crippen LogP contribution in [0.15, 0.2) is 65.2 Å². The van der Waals surface area contributed by atoms with Gasteiger partial charge in [-0.25, -0.2) is 8.78 Å². The Morgan fingerprint density at radius 2 is 1.68 bits per heavy atom. The molecule has 1 nitrogen and oxygen atoms in total. The van der Waals surface area contributed by atoms with Crippen molar-refractivity contribution in [2.45, 2.75) is 26.2 Å². The van der Waals surface area contributed by atoms with Crippen molar-refractivity contribution in [2.75, 3.05) is 0 Å². The van der Waals surface area contributed by atoms with Gasteiger partial charge in [0.2, 0.25) is 0 Å². The van der Waals surface area contributed by atoms with Crippen molar-refractivity contribution in [3.8, 4) is 23.0 Å². The van der Waals surface area contributed by atoms with Crippen molar-refractivity contribution in [2.24, 2.45) is 4.99 Å². The molecular formula is C27H19F2NS. The summed E-state index contributed by atoms with van der Waals surface area (Å²) in [5.41, 5.74) is 6.27. The Labute approximate surface area is 186 Å². The Morgan fingerprint density at radius 3 is 2.35 bits per heavy atom. The summed E-state index contributed by atoms with van der Waals surface area (Å²) in [5.74, 6) is 4.96. The fourth-order valence-electron chi connectivity index (χ4n) is 3.68. The number of allylic oxidation sites excluding steroid dienone is 1. The second-order valence-corrected chi connectivity index (χ2v) is 7.63. The fourth-order valence-corrected chi connectivity index (χ4v) is 3.78. The lowest BCUT2D eigenvalue weighted by atomic mass is 9.99. The molecule has 4 heteroatoms. The predicted octanol–water partition coefficient (Wildman–Crippen LogP) is 7.31. The maximum absolute atomic E-state index is 14.2. The van der Waals surface area contributed by atoms with Crippen LogP contribution in [-0.2, 0) is 12.8 Å². The molecule has 0 aliphatic heterocycles. The Hall–Kier alpha value is -3.38. The first-order valence-electron chi connectivity index (χ1n) is 10.1. The minimum atomic E-state index is -0.762. The maximum atomic E-state index is 14.2. The highest BCUT2D eigenvalue weighted by Gasteiger charge is 2.15. The molecule has 0 aromatic heterocycles. The van der Waals surface area contributed by atoms with Crippen LogP contribution in [0, 0.1) is 23.5 Å². The van der Waals surface area contributed by atoms with E-state index in [1.54, 1.807) is 0 Å². The molecule has 0 radical (unpaired) electrons. The SMILES string of the molecule is CCCc1ccc(C#CC2=Cc3ccc(-c4cc(F)c(N=C=S)c(F)c4)cc3C2)cc1. The molecule has 1 aliphatic rings. The van der Waals surface area contributed by atoms with Gasteiger partial charge in [0.1, 0.15) is 5.69 Å². The Kier molecular flexibility index (Phi) is 6.18. The second-order valence-electron chi connectivity index (χ2n) is 7.45. The van der Waals surface area contributed by atoms with Crippen molar-refractivity contribution in [3.63, 3.8) is 0 Å². The van der Waals surface area contributed by atoms with E-state index in [1.165, 1.54) is 17.7 Å². The van der Waals surface area contributed by atoms with Crippen LogP contribution in [0.3, 0.4) is 0 Å². The third-order valence-electron chi connectivity index (χ3n) is 5.22. The van der Waals surface area contributed by atoms with E-state index in [-0.39, 0.29) is 0 Å². The van der Waals surface area contributed by atoms with Crippen molar-refractivity contribution in [1.82, 2.24) is 0 Å². The third kappa shape index (κ3) is 4.70. The number of aryl methyl sites for hydroxylation is 1. The van der Waals surface area contributed by atoms with E-state index in [4.69, 9.17) is 0 Å². The van der Waals surface area contributed by atoms with E-state index < -0.39 is 17.3 Å². The van der Waals surface area contributed by atoms with Gasteiger partial charge in [-0.2, -0.15) is 4.99 Å². The van der Waals surface area contributed by atoms with Gasteiger partial charge in [0.05, 0.1) is 5.16 Å². The smallest absolute Gasteiger partial charge is 0.153 e. The molecule has 0 spiro atoms. The molecule has 0 bridgehead atoms. The highest BCUT2D eigenvalue weighted by atomic mass is 32.1. The standard InChI is InChI=1S/C27H19F2NS/c1-2-3-18-4-6-19(7-5-18)8-9-20-12-21-10-11-22(14-23(21)13-20)24-15-25(28)27(30-17-31)26(29)16-24/h4-7,10-12,14-16H,2-3,13H2,1H3. The number of isothiocyanates is 1. The lowest BCUT2D eigenvalue weighted by Crippen LogP contribution is -1.89. The molecule has 0 amide bonds. The van der Waals surface area contributed by atoms with Crippen molar-refractivity contribution in [1.29, 1.82) is 0 Å². The molecule has 0 atom stereocenters. The molecule has 0 saturated carbocycles. The third-order valence-corrected chi connectivity index (χ3v) is 5.31. The van der Waals surface area contributed by atoms with Crippen LogP contribution >= 0.6 is 12.2 Å². The number of halogens is 2. The number of hydrogen-bond acceptors (Lipinski definition) is 2. The lowest BCUT2D eigenvalue weighted by Gasteiger charge is -2.07. The van der Waals surface area contributed by atoms with E-state index in [9.17, 15) is 8.78 Å². The summed E-state index contributed by atoms with van der Waals surface area (Å²) in [6, 6.07) is 16.7. The van der Waals surface area contributed by atoms with E-state index in [0.717, 1.165) is 40.7 Å². The molecule has 0 fully saturated rings. The Bertz CT molecular complexity index is 1260. The fraction of sp³-hybridized carbons (Fsp3) is 0.148. The van der Waals surface area contributed by atoms with Gasteiger partial charge in [-0.15, -0.1) is 0 Å². The quantitative estimate of drug-likeness (QED) is 0.242. The summed E-state index contributed by atoms with van der Waals surface area (Å²) in [6.07, 6.45) is 4.97. The van der Waals surface area contributed by atoms with Crippen molar-refractivity contribution < 1.29 is 8.78 Å².